The molecular formula is C28H26O2. The van der Waals surface area contributed by atoms with Gasteiger partial charge in [0.1, 0.15) is 5.75 Å². The first-order valence-corrected chi connectivity index (χ1v) is 11.2. The van der Waals surface area contributed by atoms with Crippen molar-refractivity contribution in [2.24, 2.45) is 0 Å². The van der Waals surface area contributed by atoms with Gasteiger partial charge in [0.05, 0.1) is 13.0 Å². The molecule has 2 heteroatoms. The summed E-state index contributed by atoms with van der Waals surface area (Å²) in [6.45, 7) is 0. The molecule has 6 aliphatic carbocycles. The van der Waals surface area contributed by atoms with Crippen LogP contribution in [0.3, 0.4) is 0 Å². The Kier molecular flexibility index (Phi) is 4.09. The second-order valence-corrected chi connectivity index (χ2v) is 9.00. The van der Waals surface area contributed by atoms with Gasteiger partial charge in [0.2, 0.25) is 0 Å². The fourth-order valence-corrected chi connectivity index (χ4v) is 6.10. The van der Waals surface area contributed by atoms with E-state index in [0.717, 1.165) is 55.4 Å². The number of fused-ring (bicyclic) bond motifs is 3. The van der Waals surface area contributed by atoms with Gasteiger partial charge >= 0.3 is 0 Å². The lowest BCUT2D eigenvalue weighted by atomic mass is 9.71. The molecule has 6 aliphatic rings. The molecule has 0 saturated carbocycles. The van der Waals surface area contributed by atoms with E-state index in [-0.39, 0.29) is 11.8 Å². The summed E-state index contributed by atoms with van der Waals surface area (Å²) in [6.07, 6.45) is 6.20. The molecule has 30 heavy (non-hydrogen) atoms. The molecule has 0 aromatic heterocycles. The zero-order valence-corrected chi connectivity index (χ0v) is 17.4. The van der Waals surface area contributed by atoms with Gasteiger partial charge in [0.15, 0.2) is 5.78 Å². The van der Waals surface area contributed by atoms with Crippen LogP contribution in [-0.2, 0) is 32.1 Å². The van der Waals surface area contributed by atoms with E-state index in [4.69, 9.17) is 4.74 Å². The van der Waals surface area contributed by atoms with Crippen molar-refractivity contribution in [1.82, 2.24) is 0 Å². The summed E-state index contributed by atoms with van der Waals surface area (Å²) in [4.78, 5) is 13.7. The summed E-state index contributed by atoms with van der Waals surface area (Å²) < 4.78 is 5.68. The normalized spacial score (nSPS) is 21.4. The second-order valence-electron chi connectivity index (χ2n) is 9.00. The molecule has 3 aromatic rings. The number of ether oxygens (including phenoxy) is 1. The number of methoxy groups -OCH3 is 1. The van der Waals surface area contributed by atoms with E-state index in [1.54, 1.807) is 7.11 Å². The van der Waals surface area contributed by atoms with Gasteiger partial charge in [-0.3, -0.25) is 4.79 Å². The molecule has 0 N–H and O–H groups in total. The molecule has 4 bridgehead atoms. The lowest BCUT2D eigenvalue weighted by Crippen LogP contribution is -2.23. The minimum absolute atomic E-state index is 0.0427. The van der Waals surface area contributed by atoms with Crippen LogP contribution in [0.25, 0.3) is 0 Å². The Morgan fingerprint density at radius 2 is 1.47 bits per heavy atom. The van der Waals surface area contributed by atoms with Gasteiger partial charge in [-0.05, 0) is 78.0 Å². The van der Waals surface area contributed by atoms with Crippen molar-refractivity contribution in [2.75, 3.05) is 7.11 Å². The van der Waals surface area contributed by atoms with Crippen LogP contribution in [0, 0.1) is 0 Å². The van der Waals surface area contributed by atoms with E-state index >= 15 is 0 Å². The topological polar surface area (TPSA) is 26.3 Å². The highest BCUT2D eigenvalue weighted by atomic mass is 16.5. The molecule has 3 aromatic carbocycles. The number of carbonyl (C=O) groups is 1. The quantitative estimate of drug-likeness (QED) is 0.538. The van der Waals surface area contributed by atoms with Gasteiger partial charge < -0.3 is 4.74 Å². The summed E-state index contributed by atoms with van der Waals surface area (Å²) in [5.41, 5.74) is 10.4. The molecule has 0 aliphatic heterocycles. The number of carbonyl (C=O) groups excluding carboxylic acids is 1. The third-order valence-electron chi connectivity index (χ3n) is 7.56. The predicted molar refractivity (Wildman–Crippen MR) is 119 cm³/mol. The molecule has 0 heterocycles. The van der Waals surface area contributed by atoms with Crippen LogP contribution in [0.4, 0.5) is 0 Å². The van der Waals surface area contributed by atoms with Crippen molar-refractivity contribution in [1.29, 1.82) is 0 Å². The van der Waals surface area contributed by atoms with Crippen LogP contribution < -0.4 is 4.74 Å². The van der Waals surface area contributed by atoms with Crippen molar-refractivity contribution in [3.63, 3.8) is 0 Å². The van der Waals surface area contributed by atoms with Crippen molar-refractivity contribution in [3.05, 3.63) is 99.1 Å². The van der Waals surface area contributed by atoms with Gasteiger partial charge in [0, 0.05) is 17.0 Å². The smallest absolute Gasteiger partial charge is 0.171 e. The van der Waals surface area contributed by atoms with Crippen LogP contribution in [0.1, 0.15) is 67.6 Å². The van der Waals surface area contributed by atoms with Crippen molar-refractivity contribution in [2.45, 2.75) is 50.4 Å². The van der Waals surface area contributed by atoms with E-state index < -0.39 is 0 Å². The van der Waals surface area contributed by atoms with Gasteiger partial charge in [-0.1, -0.05) is 48.5 Å². The zero-order chi connectivity index (χ0) is 20.2. The third kappa shape index (κ3) is 2.59. The average Bonchev–Trinajstić information content (AvgIpc) is 3.08. The number of rotatable bonds is 1. The maximum Gasteiger partial charge on any atom is 0.171 e. The zero-order valence-electron chi connectivity index (χ0n) is 17.4. The summed E-state index contributed by atoms with van der Waals surface area (Å²) in [7, 11) is 1.72. The van der Waals surface area contributed by atoms with Crippen molar-refractivity contribution in [3.8, 4) is 5.75 Å². The first-order chi connectivity index (χ1) is 14.7. The average molecular weight is 395 g/mol. The maximum atomic E-state index is 13.7. The monoisotopic (exact) mass is 394 g/mol. The lowest BCUT2D eigenvalue weighted by molar-refractivity contribution is 0.0959. The van der Waals surface area contributed by atoms with Gasteiger partial charge in [-0.25, -0.2) is 0 Å². The SMILES string of the molecule is COc1cccc2c1[C@H]1CCc3c4ccc(c3[C@H]1C2=O)CCc1ccc(cc1)CC4. The minimum atomic E-state index is -0.0427. The second kappa shape index (κ2) is 6.84. The standard InChI is InChI=1S/C28H26O2/c1-30-24-4-2-3-23-26(24)22-16-15-21-19-11-9-17-5-7-18(8-6-17)10-12-20(14-13-19)25(21)27(22)28(23)29/h2-8,13-14,22,27H,9-12,15-16H2,1H3/t22-,27+/m1/s1. The highest BCUT2D eigenvalue weighted by molar-refractivity contribution is 6.07. The molecular weight excluding hydrogens is 368 g/mol. The Bertz CT molecular complexity index is 1160. The maximum absolute atomic E-state index is 13.7. The summed E-state index contributed by atoms with van der Waals surface area (Å²) in [6, 6.07) is 19.8. The number of Topliss-reactive ketones (excluding diaryl/α,β-unsaturated/α-hetero) is 1. The Balaban J connectivity index is 1.51. The molecule has 150 valence electrons. The van der Waals surface area contributed by atoms with Crippen molar-refractivity contribution >= 4 is 5.78 Å². The van der Waals surface area contributed by atoms with Crippen LogP contribution in [0.2, 0.25) is 0 Å². The van der Waals surface area contributed by atoms with E-state index in [2.05, 4.69) is 36.4 Å². The highest BCUT2D eigenvalue weighted by Gasteiger charge is 2.46. The van der Waals surface area contributed by atoms with Crippen LogP contribution in [0.5, 0.6) is 5.75 Å². The Morgan fingerprint density at radius 1 is 0.767 bits per heavy atom. The number of hydrogen-bond acceptors (Lipinski definition) is 2. The summed E-state index contributed by atoms with van der Waals surface area (Å²) >= 11 is 0. The molecule has 0 fully saturated rings. The minimum Gasteiger partial charge on any atom is -0.496 e. The summed E-state index contributed by atoms with van der Waals surface area (Å²) in [5.74, 6) is 1.38. The molecule has 0 unspecified atom stereocenters. The van der Waals surface area contributed by atoms with Gasteiger partial charge in [-0.15, -0.1) is 0 Å². The Labute approximate surface area is 177 Å². The van der Waals surface area contributed by atoms with E-state index in [1.807, 2.05) is 18.2 Å². The van der Waals surface area contributed by atoms with E-state index in [1.165, 1.54) is 33.4 Å². The van der Waals surface area contributed by atoms with Gasteiger partial charge in [-0.2, -0.15) is 0 Å². The first-order valence-electron chi connectivity index (χ1n) is 11.2. The Morgan fingerprint density at radius 3 is 2.20 bits per heavy atom. The van der Waals surface area contributed by atoms with Crippen LogP contribution in [-0.4, -0.2) is 12.9 Å². The molecule has 2 nitrogen and oxygen atoms in total. The molecule has 0 spiro atoms. The Hall–Kier alpha value is -2.87. The molecule has 2 atom stereocenters. The lowest BCUT2D eigenvalue weighted by Gasteiger charge is -2.32. The van der Waals surface area contributed by atoms with E-state index in [9.17, 15) is 4.79 Å². The number of hydrogen-bond donors (Lipinski definition) is 0. The molecule has 0 amide bonds. The molecule has 0 saturated heterocycles. The number of ketones is 1. The molecule has 0 radical (unpaired) electrons. The first kappa shape index (κ1) is 17.9. The number of aryl methyl sites for hydroxylation is 4. The van der Waals surface area contributed by atoms with Crippen molar-refractivity contribution < 1.29 is 9.53 Å². The highest BCUT2D eigenvalue weighted by Crippen LogP contribution is 2.54. The fourth-order valence-electron chi connectivity index (χ4n) is 6.10. The van der Waals surface area contributed by atoms with Crippen LogP contribution in [0.15, 0.2) is 54.6 Å². The summed E-state index contributed by atoms with van der Waals surface area (Å²) in [5, 5.41) is 0. The molecule has 9 rings (SSSR count). The number of benzene rings is 3. The van der Waals surface area contributed by atoms with Gasteiger partial charge in [0.25, 0.3) is 0 Å². The fraction of sp³-hybridized carbons (Fsp3) is 0.321. The third-order valence-corrected chi connectivity index (χ3v) is 7.56. The predicted octanol–water partition coefficient (Wildman–Crippen LogP) is 5.59. The van der Waals surface area contributed by atoms with E-state index in [0.29, 0.717) is 5.78 Å². The van der Waals surface area contributed by atoms with Crippen LogP contribution >= 0.6 is 0 Å². The largest absolute Gasteiger partial charge is 0.496 e.